The first-order chi connectivity index (χ1) is 5.33. The Bertz CT molecular complexity index is 258. The first kappa shape index (κ1) is 8.24. The number of hydrogen-bond acceptors (Lipinski definition) is 2. The lowest BCUT2D eigenvalue weighted by atomic mass is 10.2. The highest BCUT2D eigenvalue weighted by molar-refractivity contribution is 6.29. The van der Waals surface area contributed by atoms with Gasteiger partial charge in [-0.3, -0.25) is 0 Å². The van der Waals surface area contributed by atoms with Gasteiger partial charge in [-0.2, -0.15) is 0 Å². The van der Waals surface area contributed by atoms with Crippen molar-refractivity contribution in [3.63, 3.8) is 0 Å². The molecule has 0 atom stereocenters. The number of pyridine rings is 1. The zero-order chi connectivity index (χ0) is 8.10. The second-order valence-electron chi connectivity index (χ2n) is 2.05. The molecular formula is C8H9ClN2. The molecule has 1 aromatic heterocycles. The first-order valence-corrected chi connectivity index (χ1v) is 3.69. The highest BCUT2D eigenvalue weighted by Gasteiger charge is 1.88. The molecule has 1 heterocycles. The van der Waals surface area contributed by atoms with Crippen molar-refractivity contribution in [2.45, 2.75) is 0 Å². The summed E-state index contributed by atoms with van der Waals surface area (Å²) in [6, 6.07) is 3.66. The van der Waals surface area contributed by atoms with Gasteiger partial charge in [-0.05, 0) is 17.7 Å². The van der Waals surface area contributed by atoms with Gasteiger partial charge in [0.2, 0.25) is 0 Å². The summed E-state index contributed by atoms with van der Waals surface area (Å²) < 4.78 is 0. The zero-order valence-electron chi connectivity index (χ0n) is 6.00. The van der Waals surface area contributed by atoms with E-state index in [0.29, 0.717) is 11.7 Å². The molecule has 0 bridgehead atoms. The van der Waals surface area contributed by atoms with Crippen molar-refractivity contribution in [1.82, 2.24) is 4.98 Å². The average Bonchev–Trinajstić information content (AvgIpc) is 2.01. The first-order valence-electron chi connectivity index (χ1n) is 3.31. The summed E-state index contributed by atoms with van der Waals surface area (Å²) >= 11 is 5.65. The van der Waals surface area contributed by atoms with Gasteiger partial charge in [-0.1, -0.05) is 23.8 Å². The summed E-state index contributed by atoms with van der Waals surface area (Å²) in [5.41, 5.74) is 6.30. The molecule has 2 N–H and O–H groups in total. The Balaban J connectivity index is 2.79. The molecule has 0 fully saturated rings. The fraction of sp³-hybridized carbons (Fsp3) is 0.125. The molecule has 0 aromatic carbocycles. The molecule has 0 aliphatic rings. The average molecular weight is 169 g/mol. The van der Waals surface area contributed by atoms with Gasteiger partial charge in [-0.15, -0.1) is 0 Å². The zero-order valence-corrected chi connectivity index (χ0v) is 6.75. The molecule has 11 heavy (non-hydrogen) atoms. The number of halogens is 1. The van der Waals surface area contributed by atoms with Crippen LogP contribution in [0.3, 0.4) is 0 Å². The Morgan fingerprint density at radius 3 is 3.09 bits per heavy atom. The van der Waals surface area contributed by atoms with Crippen molar-refractivity contribution < 1.29 is 0 Å². The van der Waals surface area contributed by atoms with E-state index in [0.717, 1.165) is 5.56 Å². The lowest BCUT2D eigenvalue weighted by Gasteiger charge is -1.91. The van der Waals surface area contributed by atoms with Gasteiger partial charge in [0.1, 0.15) is 5.15 Å². The van der Waals surface area contributed by atoms with Gasteiger partial charge in [0, 0.05) is 12.7 Å². The van der Waals surface area contributed by atoms with Crippen LogP contribution in [0, 0.1) is 0 Å². The lowest BCUT2D eigenvalue weighted by molar-refractivity contribution is 1.26. The molecular weight excluding hydrogens is 160 g/mol. The maximum Gasteiger partial charge on any atom is 0.129 e. The summed E-state index contributed by atoms with van der Waals surface area (Å²) in [7, 11) is 0. The quantitative estimate of drug-likeness (QED) is 0.683. The second kappa shape index (κ2) is 4.11. The highest BCUT2D eigenvalue weighted by atomic mass is 35.5. The SMILES string of the molecule is NCC=Cc1ccnc(Cl)c1. The van der Waals surface area contributed by atoms with E-state index >= 15 is 0 Å². The van der Waals surface area contributed by atoms with E-state index < -0.39 is 0 Å². The van der Waals surface area contributed by atoms with Gasteiger partial charge < -0.3 is 5.73 Å². The molecule has 0 aliphatic carbocycles. The summed E-state index contributed by atoms with van der Waals surface area (Å²) in [5.74, 6) is 0. The van der Waals surface area contributed by atoms with Gasteiger partial charge in [0.05, 0.1) is 0 Å². The molecule has 0 unspecified atom stereocenters. The number of nitrogens with zero attached hydrogens (tertiary/aromatic N) is 1. The fourth-order valence-corrected chi connectivity index (χ4v) is 0.908. The highest BCUT2D eigenvalue weighted by Crippen LogP contribution is 2.07. The summed E-state index contributed by atoms with van der Waals surface area (Å²) in [6.45, 7) is 0.542. The predicted octanol–water partition coefficient (Wildman–Crippen LogP) is 1.71. The molecule has 2 nitrogen and oxygen atoms in total. The second-order valence-corrected chi connectivity index (χ2v) is 2.44. The van der Waals surface area contributed by atoms with Crippen LogP contribution in [-0.4, -0.2) is 11.5 Å². The molecule has 1 aromatic rings. The minimum absolute atomic E-state index is 0.504. The van der Waals surface area contributed by atoms with Gasteiger partial charge in [0.25, 0.3) is 0 Å². The number of hydrogen-bond donors (Lipinski definition) is 1. The van der Waals surface area contributed by atoms with Crippen LogP contribution in [0.1, 0.15) is 5.56 Å². The Kier molecular flexibility index (Phi) is 3.08. The van der Waals surface area contributed by atoms with E-state index in [-0.39, 0.29) is 0 Å². The third-order valence-corrected chi connectivity index (χ3v) is 1.40. The molecule has 0 aliphatic heterocycles. The Morgan fingerprint density at radius 1 is 1.64 bits per heavy atom. The van der Waals surface area contributed by atoms with Crippen molar-refractivity contribution in [3.8, 4) is 0 Å². The predicted molar refractivity (Wildman–Crippen MR) is 47.3 cm³/mol. The van der Waals surface area contributed by atoms with E-state index in [1.54, 1.807) is 12.3 Å². The van der Waals surface area contributed by atoms with E-state index in [2.05, 4.69) is 4.98 Å². The molecule has 0 radical (unpaired) electrons. The topological polar surface area (TPSA) is 38.9 Å². The molecule has 0 spiro atoms. The van der Waals surface area contributed by atoms with Gasteiger partial charge in [0.15, 0.2) is 0 Å². The van der Waals surface area contributed by atoms with Crippen LogP contribution < -0.4 is 5.73 Å². The standard InChI is InChI=1S/C8H9ClN2/c9-8-6-7(2-1-4-10)3-5-11-8/h1-3,5-6H,4,10H2. The number of nitrogens with two attached hydrogens (primary N) is 1. The maximum absolute atomic E-state index is 5.65. The van der Waals surface area contributed by atoms with Crippen LogP contribution in [0.2, 0.25) is 5.15 Å². The minimum Gasteiger partial charge on any atom is -0.327 e. The Hall–Kier alpha value is -0.860. The normalized spacial score (nSPS) is 10.7. The summed E-state index contributed by atoms with van der Waals surface area (Å²) in [6.07, 6.45) is 5.44. The van der Waals surface area contributed by atoms with Crippen molar-refractivity contribution >= 4 is 17.7 Å². The summed E-state index contributed by atoms with van der Waals surface area (Å²) in [5, 5.41) is 0.504. The molecule has 3 heteroatoms. The lowest BCUT2D eigenvalue weighted by Crippen LogP contribution is -1.91. The third-order valence-electron chi connectivity index (χ3n) is 1.20. The minimum atomic E-state index is 0.504. The van der Waals surface area contributed by atoms with Gasteiger partial charge >= 0.3 is 0 Å². The van der Waals surface area contributed by atoms with Crippen LogP contribution >= 0.6 is 11.6 Å². The van der Waals surface area contributed by atoms with E-state index in [1.807, 2.05) is 18.2 Å². The van der Waals surface area contributed by atoms with Gasteiger partial charge in [-0.25, -0.2) is 4.98 Å². The molecule has 0 saturated heterocycles. The maximum atomic E-state index is 5.65. The van der Waals surface area contributed by atoms with Crippen molar-refractivity contribution in [2.24, 2.45) is 5.73 Å². The molecule has 0 saturated carbocycles. The monoisotopic (exact) mass is 168 g/mol. The van der Waals surface area contributed by atoms with E-state index in [9.17, 15) is 0 Å². The van der Waals surface area contributed by atoms with Crippen molar-refractivity contribution in [2.75, 3.05) is 6.54 Å². The summed E-state index contributed by atoms with van der Waals surface area (Å²) in [4.78, 5) is 3.85. The molecule has 1 rings (SSSR count). The fourth-order valence-electron chi connectivity index (χ4n) is 0.725. The van der Waals surface area contributed by atoms with Crippen LogP contribution in [0.4, 0.5) is 0 Å². The largest absolute Gasteiger partial charge is 0.327 e. The van der Waals surface area contributed by atoms with Crippen molar-refractivity contribution in [1.29, 1.82) is 0 Å². The number of aromatic nitrogens is 1. The third kappa shape index (κ3) is 2.70. The van der Waals surface area contributed by atoms with Crippen molar-refractivity contribution in [3.05, 3.63) is 35.1 Å². The van der Waals surface area contributed by atoms with E-state index in [1.165, 1.54) is 0 Å². The van der Waals surface area contributed by atoms with E-state index in [4.69, 9.17) is 17.3 Å². The number of rotatable bonds is 2. The Labute approximate surface area is 70.7 Å². The van der Waals surface area contributed by atoms with Crippen LogP contribution in [0.15, 0.2) is 24.4 Å². The van der Waals surface area contributed by atoms with Crippen LogP contribution in [0.25, 0.3) is 6.08 Å². The molecule has 58 valence electrons. The molecule has 0 amide bonds. The smallest absolute Gasteiger partial charge is 0.129 e. The van der Waals surface area contributed by atoms with Crippen LogP contribution in [-0.2, 0) is 0 Å². The van der Waals surface area contributed by atoms with Crippen LogP contribution in [0.5, 0.6) is 0 Å². The Morgan fingerprint density at radius 2 is 2.45 bits per heavy atom.